The van der Waals surface area contributed by atoms with Crippen molar-refractivity contribution < 1.29 is 9.69 Å². The van der Waals surface area contributed by atoms with E-state index in [2.05, 4.69) is 28.5 Å². The predicted molar refractivity (Wildman–Crippen MR) is 101 cm³/mol. The van der Waals surface area contributed by atoms with Crippen LogP contribution in [0.5, 0.6) is 0 Å². The Hall–Kier alpha value is -2.24. The summed E-state index contributed by atoms with van der Waals surface area (Å²) in [5.74, 6) is -0.0291. The number of hydrogen-bond donors (Lipinski definition) is 2. The van der Waals surface area contributed by atoms with Crippen LogP contribution in [0.4, 0.5) is 0 Å². The molecule has 0 radical (unpaired) electrons. The topological polar surface area (TPSA) is 46.4 Å². The van der Waals surface area contributed by atoms with Crippen molar-refractivity contribution in [3.05, 3.63) is 64.7 Å². The minimum absolute atomic E-state index is 0.0291. The Labute approximate surface area is 151 Å². The molecule has 5 heteroatoms. The summed E-state index contributed by atoms with van der Waals surface area (Å²) < 4.78 is 1.05. The number of thiazole rings is 1. The summed E-state index contributed by atoms with van der Waals surface area (Å²) in [5.41, 5.74) is 6.01. The molecule has 1 amide bonds. The first-order valence-electron chi connectivity index (χ1n) is 8.81. The molecular weight excluding hydrogens is 330 g/mol. The van der Waals surface area contributed by atoms with Crippen LogP contribution in [-0.4, -0.2) is 24.0 Å². The Kier molecular flexibility index (Phi) is 4.76. The molecule has 1 aliphatic rings. The maximum absolute atomic E-state index is 12.5. The third-order valence-corrected chi connectivity index (χ3v) is 5.69. The van der Waals surface area contributed by atoms with Gasteiger partial charge in [-0.3, -0.25) is 4.79 Å². The lowest BCUT2D eigenvalue weighted by Crippen LogP contribution is -3.08. The number of fused-ring (bicyclic) bond motifs is 1. The maximum atomic E-state index is 12.5. The zero-order valence-electron chi connectivity index (χ0n) is 14.1. The molecule has 2 heterocycles. The highest BCUT2D eigenvalue weighted by Crippen LogP contribution is 2.19. The second kappa shape index (κ2) is 7.33. The van der Waals surface area contributed by atoms with E-state index in [1.807, 2.05) is 29.8 Å². The van der Waals surface area contributed by atoms with E-state index in [1.165, 1.54) is 37.1 Å². The van der Waals surface area contributed by atoms with E-state index in [1.54, 1.807) is 16.2 Å². The molecule has 0 atom stereocenters. The van der Waals surface area contributed by atoms with Crippen LogP contribution in [0.3, 0.4) is 0 Å². The van der Waals surface area contributed by atoms with Gasteiger partial charge in [-0.25, -0.2) is 4.98 Å². The van der Waals surface area contributed by atoms with Gasteiger partial charge in [-0.05, 0) is 23.8 Å². The van der Waals surface area contributed by atoms with E-state index in [0.717, 1.165) is 16.8 Å². The lowest BCUT2D eigenvalue weighted by Gasteiger charge is -2.15. The minimum Gasteiger partial charge on any atom is -0.348 e. The highest BCUT2D eigenvalue weighted by atomic mass is 32.1. The van der Waals surface area contributed by atoms with Gasteiger partial charge in [-0.1, -0.05) is 24.3 Å². The number of likely N-dealkylation sites (tertiary alicyclic amines) is 1. The molecule has 4 rings (SSSR count). The number of benzene rings is 2. The van der Waals surface area contributed by atoms with Crippen LogP contribution in [0.1, 0.15) is 34.3 Å². The summed E-state index contributed by atoms with van der Waals surface area (Å²) in [5, 5.41) is 3.07. The van der Waals surface area contributed by atoms with Gasteiger partial charge in [0.1, 0.15) is 6.54 Å². The van der Waals surface area contributed by atoms with E-state index >= 15 is 0 Å². The quantitative estimate of drug-likeness (QED) is 0.741. The van der Waals surface area contributed by atoms with Crippen LogP contribution in [-0.2, 0) is 13.1 Å². The van der Waals surface area contributed by atoms with Crippen molar-refractivity contribution in [2.24, 2.45) is 0 Å². The van der Waals surface area contributed by atoms with Crippen LogP contribution in [0.2, 0.25) is 0 Å². The highest BCUT2D eigenvalue weighted by Gasteiger charge is 2.17. The molecule has 0 bridgehead atoms. The van der Waals surface area contributed by atoms with Crippen LogP contribution in [0.15, 0.2) is 48.0 Å². The molecule has 0 spiro atoms. The van der Waals surface area contributed by atoms with Gasteiger partial charge in [0, 0.05) is 30.5 Å². The first-order chi connectivity index (χ1) is 12.3. The maximum Gasteiger partial charge on any atom is 0.251 e. The predicted octanol–water partition coefficient (Wildman–Crippen LogP) is 2.41. The fraction of sp³-hybridized carbons (Fsp3) is 0.300. The summed E-state index contributed by atoms with van der Waals surface area (Å²) in [6, 6.07) is 14.1. The smallest absolute Gasteiger partial charge is 0.251 e. The third kappa shape index (κ3) is 3.72. The molecule has 1 aliphatic heterocycles. The molecule has 1 fully saturated rings. The Balaban J connectivity index is 1.44. The second-order valence-electron chi connectivity index (χ2n) is 6.62. The molecule has 0 aliphatic carbocycles. The van der Waals surface area contributed by atoms with Crippen molar-refractivity contribution in [3.63, 3.8) is 0 Å². The van der Waals surface area contributed by atoms with Crippen molar-refractivity contribution in [2.75, 3.05) is 13.1 Å². The summed E-state index contributed by atoms with van der Waals surface area (Å²) in [4.78, 5) is 18.4. The Morgan fingerprint density at radius 3 is 2.76 bits per heavy atom. The average Bonchev–Trinajstić information content (AvgIpc) is 3.31. The van der Waals surface area contributed by atoms with Crippen molar-refractivity contribution in [1.82, 2.24) is 10.3 Å². The number of nitrogens with one attached hydrogen (secondary N) is 2. The van der Waals surface area contributed by atoms with E-state index in [-0.39, 0.29) is 5.91 Å². The fourth-order valence-corrected chi connectivity index (χ4v) is 4.21. The number of hydrogen-bond acceptors (Lipinski definition) is 3. The normalized spacial score (nSPS) is 14.9. The molecule has 25 heavy (non-hydrogen) atoms. The average molecular weight is 352 g/mol. The van der Waals surface area contributed by atoms with Crippen molar-refractivity contribution >= 4 is 27.5 Å². The molecule has 1 saturated heterocycles. The first-order valence-corrected chi connectivity index (χ1v) is 9.69. The SMILES string of the molecule is O=C(NCc1ccccc1C[NH+]1CCCC1)c1ccc2ncsc2c1. The molecule has 2 N–H and O–H groups in total. The van der Waals surface area contributed by atoms with E-state index in [4.69, 9.17) is 0 Å². The largest absolute Gasteiger partial charge is 0.348 e. The Morgan fingerprint density at radius 2 is 1.92 bits per heavy atom. The summed E-state index contributed by atoms with van der Waals surface area (Å²) in [7, 11) is 0. The first kappa shape index (κ1) is 16.2. The van der Waals surface area contributed by atoms with Crippen molar-refractivity contribution in [2.45, 2.75) is 25.9 Å². The Bertz CT molecular complexity index is 883. The lowest BCUT2D eigenvalue weighted by atomic mass is 10.1. The standard InChI is InChI=1S/C20H21N3OS/c24-20(15-7-8-18-19(11-15)25-14-22-18)21-12-16-5-1-2-6-17(16)13-23-9-3-4-10-23/h1-2,5-8,11,14H,3-4,9-10,12-13H2,(H,21,24)/p+1. The molecule has 1 aromatic heterocycles. The Morgan fingerprint density at radius 1 is 1.12 bits per heavy atom. The monoisotopic (exact) mass is 352 g/mol. The van der Waals surface area contributed by atoms with E-state index in [0.29, 0.717) is 12.1 Å². The molecule has 2 aromatic carbocycles. The number of aromatic nitrogens is 1. The fourth-order valence-electron chi connectivity index (χ4n) is 3.50. The van der Waals surface area contributed by atoms with Gasteiger partial charge < -0.3 is 10.2 Å². The number of rotatable bonds is 5. The number of nitrogens with zero attached hydrogens (tertiary/aromatic N) is 1. The molecule has 0 unspecified atom stereocenters. The zero-order valence-corrected chi connectivity index (χ0v) is 14.9. The van der Waals surface area contributed by atoms with Crippen LogP contribution in [0, 0.1) is 0 Å². The summed E-state index contributed by atoms with van der Waals surface area (Å²) >= 11 is 1.56. The van der Waals surface area contributed by atoms with Gasteiger partial charge >= 0.3 is 0 Å². The van der Waals surface area contributed by atoms with Gasteiger partial charge in [0.2, 0.25) is 0 Å². The number of amides is 1. The third-order valence-electron chi connectivity index (χ3n) is 4.90. The molecular formula is C20H22N3OS+. The van der Waals surface area contributed by atoms with E-state index < -0.39 is 0 Å². The van der Waals surface area contributed by atoms with Crippen LogP contribution >= 0.6 is 11.3 Å². The van der Waals surface area contributed by atoms with Crippen molar-refractivity contribution in [1.29, 1.82) is 0 Å². The number of carbonyl (C=O) groups is 1. The second-order valence-corrected chi connectivity index (χ2v) is 7.51. The number of carbonyl (C=O) groups excluding carboxylic acids is 1. The molecule has 3 aromatic rings. The lowest BCUT2D eigenvalue weighted by molar-refractivity contribution is -0.901. The van der Waals surface area contributed by atoms with Crippen LogP contribution < -0.4 is 10.2 Å². The van der Waals surface area contributed by atoms with Gasteiger partial charge in [0.15, 0.2) is 0 Å². The van der Waals surface area contributed by atoms with Crippen LogP contribution in [0.25, 0.3) is 10.2 Å². The minimum atomic E-state index is -0.0291. The van der Waals surface area contributed by atoms with E-state index in [9.17, 15) is 4.79 Å². The van der Waals surface area contributed by atoms with Gasteiger partial charge in [-0.2, -0.15) is 0 Å². The van der Waals surface area contributed by atoms with Crippen molar-refractivity contribution in [3.8, 4) is 0 Å². The molecule has 128 valence electrons. The molecule has 0 saturated carbocycles. The highest BCUT2D eigenvalue weighted by molar-refractivity contribution is 7.16. The van der Waals surface area contributed by atoms with Gasteiger partial charge in [0.05, 0.1) is 28.8 Å². The summed E-state index contributed by atoms with van der Waals surface area (Å²) in [6.07, 6.45) is 2.66. The van der Waals surface area contributed by atoms with Gasteiger partial charge in [0.25, 0.3) is 5.91 Å². The van der Waals surface area contributed by atoms with Gasteiger partial charge in [-0.15, -0.1) is 11.3 Å². The summed E-state index contributed by atoms with van der Waals surface area (Å²) in [6.45, 7) is 4.15. The molecule has 4 nitrogen and oxygen atoms in total. The zero-order chi connectivity index (χ0) is 17.1. The number of quaternary nitrogens is 1.